The van der Waals surface area contributed by atoms with Gasteiger partial charge in [-0.2, -0.15) is 11.8 Å². The number of anilines is 2. The van der Waals surface area contributed by atoms with Gasteiger partial charge in [-0.1, -0.05) is 29.5 Å². The first-order chi connectivity index (χ1) is 12.5. The van der Waals surface area contributed by atoms with Crippen LogP contribution in [-0.4, -0.2) is 46.2 Å². The number of nitrogens with one attached hydrogen (secondary N) is 1. The molecular weight excluding hydrogens is 364 g/mol. The molecule has 138 valence electrons. The number of carbonyl (C=O) groups is 1. The smallest absolute Gasteiger partial charge is 0.234 e. The van der Waals surface area contributed by atoms with Gasteiger partial charge in [0.25, 0.3) is 0 Å². The zero-order valence-electron chi connectivity index (χ0n) is 15.4. The Balaban J connectivity index is 1.65. The topological polar surface area (TPSA) is 58.1 Å². The molecule has 1 amide bonds. The molecule has 1 aliphatic rings. The van der Waals surface area contributed by atoms with Gasteiger partial charge in [-0.15, -0.1) is 0 Å². The number of carbonyl (C=O) groups excluding carboxylic acids is 1. The molecule has 7 heteroatoms. The van der Waals surface area contributed by atoms with Gasteiger partial charge in [0, 0.05) is 42.7 Å². The van der Waals surface area contributed by atoms with E-state index in [2.05, 4.69) is 39.2 Å². The second-order valence-electron chi connectivity index (χ2n) is 6.40. The van der Waals surface area contributed by atoms with E-state index in [0.29, 0.717) is 5.75 Å². The molecule has 0 atom stereocenters. The predicted octanol–water partition coefficient (Wildman–Crippen LogP) is 3.69. The van der Waals surface area contributed by atoms with Crippen molar-refractivity contribution in [3.05, 3.63) is 41.2 Å². The molecule has 2 heterocycles. The molecule has 0 bridgehead atoms. The molecule has 5 nitrogen and oxygen atoms in total. The van der Waals surface area contributed by atoms with E-state index in [0.717, 1.165) is 52.3 Å². The number of rotatable bonds is 5. The molecule has 0 aliphatic carbocycles. The summed E-state index contributed by atoms with van der Waals surface area (Å²) < 4.78 is 0. The Labute approximate surface area is 163 Å². The lowest BCUT2D eigenvalue weighted by Gasteiger charge is -2.28. The van der Waals surface area contributed by atoms with E-state index >= 15 is 0 Å². The first-order valence-corrected chi connectivity index (χ1v) is 10.8. The molecule has 0 spiro atoms. The number of thioether (sulfide) groups is 2. The van der Waals surface area contributed by atoms with Crippen molar-refractivity contribution >= 4 is 40.9 Å². The van der Waals surface area contributed by atoms with Crippen molar-refractivity contribution < 1.29 is 4.79 Å². The minimum atomic E-state index is -0.0177. The molecule has 0 radical (unpaired) electrons. The molecule has 0 unspecified atom stereocenters. The first-order valence-electron chi connectivity index (χ1n) is 8.69. The molecule has 0 saturated carbocycles. The maximum Gasteiger partial charge on any atom is 0.234 e. The van der Waals surface area contributed by atoms with E-state index in [1.807, 2.05) is 25.6 Å². The van der Waals surface area contributed by atoms with Gasteiger partial charge < -0.3 is 10.2 Å². The highest BCUT2D eigenvalue weighted by Gasteiger charge is 2.18. The van der Waals surface area contributed by atoms with Crippen LogP contribution in [0.25, 0.3) is 0 Å². The minimum Gasteiger partial charge on any atom is -0.353 e. The summed E-state index contributed by atoms with van der Waals surface area (Å²) in [5, 5.41) is 3.88. The molecule has 1 fully saturated rings. The molecule has 2 aromatic rings. The Bertz CT molecular complexity index is 768. The summed E-state index contributed by atoms with van der Waals surface area (Å²) in [4.78, 5) is 23.7. The number of aromatic nitrogens is 2. The average Bonchev–Trinajstić information content (AvgIpc) is 2.64. The minimum absolute atomic E-state index is 0.0177. The van der Waals surface area contributed by atoms with E-state index in [9.17, 15) is 4.79 Å². The third-order valence-electron chi connectivity index (χ3n) is 4.24. The quantitative estimate of drug-likeness (QED) is 0.789. The lowest BCUT2D eigenvalue weighted by atomic mass is 10.1. The molecule has 3 rings (SSSR count). The summed E-state index contributed by atoms with van der Waals surface area (Å²) in [5.74, 6) is 3.41. The summed E-state index contributed by atoms with van der Waals surface area (Å²) >= 11 is 3.41. The normalized spacial score (nSPS) is 14.3. The number of benzene rings is 1. The van der Waals surface area contributed by atoms with Gasteiger partial charge in [0.15, 0.2) is 5.82 Å². The van der Waals surface area contributed by atoms with Crippen molar-refractivity contribution in [2.75, 3.05) is 40.6 Å². The number of hydrogen-bond acceptors (Lipinski definition) is 6. The highest BCUT2D eigenvalue weighted by molar-refractivity contribution is 8.00. The Hall–Kier alpha value is -1.73. The van der Waals surface area contributed by atoms with Gasteiger partial charge in [0.05, 0.1) is 5.75 Å². The fourth-order valence-electron chi connectivity index (χ4n) is 3.10. The maximum absolute atomic E-state index is 12.5. The Morgan fingerprint density at radius 1 is 1.15 bits per heavy atom. The Morgan fingerprint density at radius 3 is 2.50 bits per heavy atom. The summed E-state index contributed by atoms with van der Waals surface area (Å²) in [6.45, 7) is 8.07. The SMILES string of the molecule is Cc1cc(C)c(NC(=O)CSc2nccnc2N2CCSCC2)c(C)c1. The van der Waals surface area contributed by atoms with Crippen molar-refractivity contribution in [2.24, 2.45) is 0 Å². The van der Waals surface area contributed by atoms with Crippen molar-refractivity contribution in [1.29, 1.82) is 0 Å². The fraction of sp³-hybridized carbons (Fsp3) is 0.421. The maximum atomic E-state index is 12.5. The highest BCUT2D eigenvalue weighted by atomic mass is 32.2. The Kier molecular flexibility index (Phi) is 6.43. The predicted molar refractivity (Wildman–Crippen MR) is 112 cm³/mol. The second-order valence-corrected chi connectivity index (χ2v) is 8.58. The van der Waals surface area contributed by atoms with E-state index in [1.165, 1.54) is 17.3 Å². The van der Waals surface area contributed by atoms with Crippen molar-refractivity contribution in [1.82, 2.24) is 9.97 Å². The summed E-state index contributed by atoms with van der Waals surface area (Å²) in [6.07, 6.45) is 3.41. The fourth-order valence-corrected chi connectivity index (χ4v) is 4.79. The molecule has 1 saturated heterocycles. The van der Waals surface area contributed by atoms with E-state index in [-0.39, 0.29) is 5.91 Å². The zero-order valence-corrected chi connectivity index (χ0v) is 17.0. The Morgan fingerprint density at radius 2 is 1.81 bits per heavy atom. The number of nitrogens with zero attached hydrogens (tertiary/aromatic N) is 3. The summed E-state index contributed by atoms with van der Waals surface area (Å²) in [6, 6.07) is 4.18. The van der Waals surface area contributed by atoms with Crippen LogP contribution in [0.1, 0.15) is 16.7 Å². The van der Waals surface area contributed by atoms with Crippen LogP contribution in [0.3, 0.4) is 0 Å². The monoisotopic (exact) mass is 388 g/mol. The van der Waals surface area contributed by atoms with E-state index in [1.54, 1.807) is 12.4 Å². The van der Waals surface area contributed by atoms with Crippen LogP contribution in [0, 0.1) is 20.8 Å². The number of aryl methyl sites for hydroxylation is 3. The third kappa shape index (κ3) is 4.71. The van der Waals surface area contributed by atoms with Gasteiger partial charge in [-0.05, 0) is 31.9 Å². The third-order valence-corrected chi connectivity index (χ3v) is 6.15. The number of amides is 1. The van der Waals surface area contributed by atoms with E-state index in [4.69, 9.17) is 0 Å². The van der Waals surface area contributed by atoms with Crippen LogP contribution in [0.5, 0.6) is 0 Å². The summed E-state index contributed by atoms with van der Waals surface area (Å²) in [5.41, 5.74) is 4.30. The summed E-state index contributed by atoms with van der Waals surface area (Å²) in [7, 11) is 0. The van der Waals surface area contributed by atoms with Crippen molar-refractivity contribution in [3.63, 3.8) is 0 Å². The van der Waals surface area contributed by atoms with Gasteiger partial charge in [-0.25, -0.2) is 9.97 Å². The highest BCUT2D eigenvalue weighted by Crippen LogP contribution is 2.28. The zero-order chi connectivity index (χ0) is 18.5. The van der Waals surface area contributed by atoms with Crippen LogP contribution < -0.4 is 10.2 Å². The van der Waals surface area contributed by atoms with Crippen LogP contribution in [0.2, 0.25) is 0 Å². The standard InChI is InChI=1S/C19H24N4OS2/c1-13-10-14(2)17(15(3)11-13)22-16(24)12-26-19-18(20-4-5-21-19)23-6-8-25-9-7-23/h4-5,10-11H,6-9,12H2,1-3H3,(H,22,24). The van der Waals surface area contributed by atoms with Crippen LogP contribution in [0.4, 0.5) is 11.5 Å². The largest absolute Gasteiger partial charge is 0.353 e. The first kappa shape index (κ1) is 19.0. The lowest BCUT2D eigenvalue weighted by Crippen LogP contribution is -2.33. The molecule has 1 aromatic heterocycles. The second kappa shape index (κ2) is 8.77. The van der Waals surface area contributed by atoms with Crippen LogP contribution >= 0.6 is 23.5 Å². The van der Waals surface area contributed by atoms with Gasteiger partial charge >= 0.3 is 0 Å². The van der Waals surface area contributed by atoms with Gasteiger partial charge in [0.2, 0.25) is 5.91 Å². The van der Waals surface area contributed by atoms with Crippen molar-refractivity contribution in [3.8, 4) is 0 Å². The molecule has 1 aromatic carbocycles. The van der Waals surface area contributed by atoms with Gasteiger partial charge in [0.1, 0.15) is 5.03 Å². The molecular formula is C19H24N4OS2. The molecule has 26 heavy (non-hydrogen) atoms. The molecule has 1 aliphatic heterocycles. The van der Waals surface area contributed by atoms with Gasteiger partial charge in [-0.3, -0.25) is 4.79 Å². The van der Waals surface area contributed by atoms with Crippen molar-refractivity contribution in [2.45, 2.75) is 25.8 Å². The molecule has 1 N–H and O–H groups in total. The van der Waals surface area contributed by atoms with Crippen LogP contribution in [-0.2, 0) is 4.79 Å². The lowest BCUT2D eigenvalue weighted by molar-refractivity contribution is -0.113. The van der Waals surface area contributed by atoms with Crippen LogP contribution in [0.15, 0.2) is 29.6 Å². The number of hydrogen-bond donors (Lipinski definition) is 1. The average molecular weight is 389 g/mol. The van der Waals surface area contributed by atoms with E-state index < -0.39 is 0 Å².